The molecule has 5 nitrogen and oxygen atoms in total. The molecule has 0 saturated carbocycles. The average Bonchev–Trinajstić information content (AvgIpc) is 3.12. The van der Waals surface area contributed by atoms with Gasteiger partial charge in [0, 0.05) is 24.2 Å². The molecule has 1 aromatic carbocycles. The first-order valence-corrected chi connectivity index (χ1v) is 6.12. The fraction of sp³-hybridized carbons (Fsp3) is 0.143. The molecule has 0 unspecified atom stereocenters. The number of rotatable bonds is 5. The normalized spacial score (nSPS) is 10.5. The van der Waals surface area contributed by atoms with E-state index in [1.165, 1.54) is 0 Å². The van der Waals surface area contributed by atoms with Gasteiger partial charge in [0.25, 0.3) is 0 Å². The van der Waals surface area contributed by atoms with Crippen LogP contribution >= 0.6 is 0 Å². The number of aromatic amines is 1. The summed E-state index contributed by atoms with van der Waals surface area (Å²) in [4.78, 5) is 7.21. The van der Waals surface area contributed by atoms with Gasteiger partial charge in [-0.25, -0.2) is 4.98 Å². The summed E-state index contributed by atoms with van der Waals surface area (Å²) in [5.74, 6) is 0.835. The van der Waals surface area contributed by atoms with Gasteiger partial charge < -0.3 is 9.72 Å². The molecule has 0 spiro atoms. The highest BCUT2D eigenvalue weighted by Crippen LogP contribution is 2.27. The molecule has 0 aliphatic heterocycles. The minimum atomic E-state index is 0.573. The standard InChI is InChI=1S/C14H14N4O/c1-2-5-14(12(4-1)13-10-15-11-16-13)19-9-8-18-7-3-6-17-18/h1-7,10-11H,8-9H2,(H,15,16). The third-order valence-electron chi connectivity index (χ3n) is 2.80. The summed E-state index contributed by atoms with van der Waals surface area (Å²) < 4.78 is 7.66. The van der Waals surface area contributed by atoms with Gasteiger partial charge >= 0.3 is 0 Å². The van der Waals surface area contributed by atoms with E-state index < -0.39 is 0 Å². The molecule has 0 bridgehead atoms. The zero-order valence-corrected chi connectivity index (χ0v) is 10.4. The van der Waals surface area contributed by atoms with E-state index in [1.54, 1.807) is 12.5 Å². The summed E-state index contributed by atoms with van der Waals surface area (Å²) in [5.41, 5.74) is 1.87. The predicted molar refractivity (Wildman–Crippen MR) is 71.7 cm³/mol. The number of ether oxygens (including phenoxy) is 1. The lowest BCUT2D eigenvalue weighted by Gasteiger charge is -2.10. The van der Waals surface area contributed by atoms with Crippen molar-refractivity contribution in [2.75, 3.05) is 6.61 Å². The number of H-pyrrole nitrogens is 1. The second kappa shape index (κ2) is 5.39. The summed E-state index contributed by atoms with van der Waals surface area (Å²) >= 11 is 0. The van der Waals surface area contributed by atoms with E-state index in [9.17, 15) is 0 Å². The number of benzene rings is 1. The van der Waals surface area contributed by atoms with Crippen molar-refractivity contribution in [2.24, 2.45) is 0 Å². The van der Waals surface area contributed by atoms with Crippen LogP contribution in [0.4, 0.5) is 0 Å². The molecule has 0 radical (unpaired) electrons. The molecule has 1 N–H and O–H groups in total. The maximum absolute atomic E-state index is 5.82. The lowest BCUT2D eigenvalue weighted by molar-refractivity contribution is 0.292. The van der Waals surface area contributed by atoms with Crippen LogP contribution in [0.5, 0.6) is 5.75 Å². The average molecular weight is 254 g/mol. The largest absolute Gasteiger partial charge is 0.491 e. The van der Waals surface area contributed by atoms with Crippen LogP contribution in [0.15, 0.2) is 55.2 Å². The van der Waals surface area contributed by atoms with Crippen LogP contribution in [-0.2, 0) is 6.54 Å². The Hall–Kier alpha value is -2.56. The Morgan fingerprint density at radius 2 is 2.16 bits per heavy atom. The molecule has 19 heavy (non-hydrogen) atoms. The van der Waals surface area contributed by atoms with Crippen molar-refractivity contribution in [3.05, 3.63) is 55.2 Å². The van der Waals surface area contributed by atoms with E-state index >= 15 is 0 Å². The van der Waals surface area contributed by atoms with Crippen LogP contribution in [0.1, 0.15) is 0 Å². The van der Waals surface area contributed by atoms with Crippen molar-refractivity contribution < 1.29 is 4.74 Å². The molecular formula is C14H14N4O. The highest BCUT2D eigenvalue weighted by molar-refractivity contribution is 5.66. The number of imidazole rings is 1. The van der Waals surface area contributed by atoms with Crippen LogP contribution in [0, 0.1) is 0 Å². The van der Waals surface area contributed by atoms with Gasteiger partial charge in [0.15, 0.2) is 0 Å². The van der Waals surface area contributed by atoms with Crippen LogP contribution in [-0.4, -0.2) is 26.4 Å². The van der Waals surface area contributed by atoms with Gasteiger partial charge in [-0.1, -0.05) is 12.1 Å². The smallest absolute Gasteiger partial charge is 0.128 e. The van der Waals surface area contributed by atoms with Crippen LogP contribution < -0.4 is 4.74 Å². The molecule has 0 saturated heterocycles. The van der Waals surface area contributed by atoms with Gasteiger partial charge in [0.1, 0.15) is 12.4 Å². The van der Waals surface area contributed by atoms with Gasteiger partial charge in [0.2, 0.25) is 0 Å². The molecule has 2 aromatic heterocycles. The summed E-state index contributed by atoms with van der Waals surface area (Å²) in [5, 5.41) is 4.14. The Kier molecular flexibility index (Phi) is 3.27. The van der Waals surface area contributed by atoms with Crippen molar-refractivity contribution in [1.29, 1.82) is 0 Å². The quantitative estimate of drug-likeness (QED) is 0.760. The van der Waals surface area contributed by atoms with Crippen LogP contribution in [0.25, 0.3) is 11.3 Å². The van der Waals surface area contributed by atoms with E-state index in [0.717, 1.165) is 23.6 Å². The van der Waals surface area contributed by atoms with Gasteiger partial charge in [-0.2, -0.15) is 5.10 Å². The topological polar surface area (TPSA) is 55.7 Å². The Balaban J connectivity index is 1.71. The fourth-order valence-electron chi connectivity index (χ4n) is 1.89. The van der Waals surface area contributed by atoms with Crippen molar-refractivity contribution in [1.82, 2.24) is 19.7 Å². The molecule has 0 atom stereocenters. The van der Waals surface area contributed by atoms with Crippen molar-refractivity contribution >= 4 is 0 Å². The van der Waals surface area contributed by atoms with E-state index in [2.05, 4.69) is 15.1 Å². The SMILES string of the molecule is c1ccc(-c2c[nH]cn2)c(OCCn2cccn2)c1. The number of nitrogens with one attached hydrogen (secondary N) is 1. The van der Waals surface area contributed by atoms with Gasteiger partial charge in [-0.3, -0.25) is 4.68 Å². The van der Waals surface area contributed by atoms with Crippen LogP contribution in [0.3, 0.4) is 0 Å². The van der Waals surface area contributed by atoms with Crippen molar-refractivity contribution in [2.45, 2.75) is 6.54 Å². The second-order valence-corrected chi connectivity index (χ2v) is 4.07. The molecular weight excluding hydrogens is 240 g/mol. The minimum absolute atomic E-state index is 0.573. The fourth-order valence-corrected chi connectivity index (χ4v) is 1.89. The van der Waals surface area contributed by atoms with E-state index in [4.69, 9.17) is 4.74 Å². The highest BCUT2D eigenvalue weighted by Gasteiger charge is 2.07. The molecule has 0 amide bonds. The summed E-state index contributed by atoms with van der Waals surface area (Å²) in [6.07, 6.45) is 7.20. The Bertz CT molecular complexity index is 617. The number of aromatic nitrogens is 4. The van der Waals surface area contributed by atoms with Crippen molar-refractivity contribution in [3.8, 4) is 17.0 Å². The first-order valence-electron chi connectivity index (χ1n) is 6.12. The second-order valence-electron chi connectivity index (χ2n) is 4.07. The number of para-hydroxylation sites is 1. The Morgan fingerprint density at radius 1 is 1.21 bits per heavy atom. The highest BCUT2D eigenvalue weighted by atomic mass is 16.5. The zero-order valence-electron chi connectivity index (χ0n) is 10.4. The van der Waals surface area contributed by atoms with Gasteiger partial charge in [-0.15, -0.1) is 0 Å². The third-order valence-corrected chi connectivity index (χ3v) is 2.80. The maximum atomic E-state index is 5.82. The lowest BCUT2D eigenvalue weighted by atomic mass is 10.1. The number of nitrogens with zero attached hydrogens (tertiary/aromatic N) is 3. The van der Waals surface area contributed by atoms with Crippen molar-refractivity contribution in [3.63, 3.8) is 0 Å². The van der Waals surface area contributed by atoms with E-state index in [1.807, 2.05) is 47.4 Å². The molecule has 3 rings (SSSR count). The molecule has 0 aliphatic carbocycles. The van der Waals surface area contributed by atoms with Crippen LogP contribution in [0.2, 0.25) is 0 Å². The van der Waals surface area contributed by atoms with E-state index in [0.29, 0.717) is 6.61 Å². The number of hydrogen-bond donors (Lipinski definition) is 1. The first kappa shape index (κ1) is 11.5. The Morgan fingerprint density at radius 3 is 2.95 bits per heavy atom. The minimum Gasteiger partial charge on any atom is -0.491 e. The summed E-state index contributed by atoms with van der Waals surface area (Å²) in [6.45, 7) is 1.30. The first-order chi connectivity index (χ1) is 9.43. The van der Waals surface area contributed by atoms with Gasteiger partial charge in [0.05, 0.1) is 18.6 Å². The third kappa shape index (κ3) is 2.65. The Labute approximate surface area is 110 Å². The van der Waals surface area contributed by atoms with E-state index in [-0.39, 0.29) is 0 Å². The number of hydrogen-bond acceptors (Lipinski definition) is 3. The summed E-state index contributed by atoms with van der Waals surface area (Å²) in [7, 11) is 0. The molecule has 0 fully saturated rings. The zero-order chi connectivity index (χ0) is 12.9. The molecule has 3 aromatic rings. The predicted octanol–water partition coefficient (Wildman–Crippen LogP) is 2.35. The van der Waals surface area contributed by atoms with Gasteiger partial charge in [-0.05, 0) is 18.2 Å². The maximum Gasteiger partial charge on any atom is 0.128 e. The monoisotopic (exact) mass is 254 g/mol. The molecule has 0 aliphatic rings. The molecule has 96 valence electrons. The summed E-state index contributed by atoms with van der Waals surface area (Å²) in [6, 6.07) is 9.79. The lowest BCUT2D eigenvalue weighted by Crippen LogP contribution is -2.08. The molecule has 2 heterocycles. The molecule has 5 heteroatoms.